The van der Waals surface area contributed by atoms with E-state index in [1.165, 1.54) is 6.33 Å². The summed E-state index contributed by atoms with van der Waals surface area (Å²) < 4.78 is 38.3. The van der Waals surface area contributed by atoms with E-state index in [-0.39, 0.29) is 5.97 Å². The van der Waals surface area contributed by atoms with Gasteiger partial charge in [0.25, 0.3) is 0 Å². The molecule has 2 heterocycles. The van der Waals surface area contributed by atoms with Gasteiger partial charge in [0.05, 0.1) is 6.61 Å². The number of hydrogen-bond acceptors (Lipinski definition) is 5. The number of hydrogen-bond donors (Lipinski definition) is 1. The first-order valence-electron chi connectivity index (χ1n) is 5.53. The van der Waals surface area contributed by atoms with E-state index in [2.05, 4.69) is 10.2 Å². The van der Waals surface area contributed by atoms with Crippen LogP contribution < -0.4 is 0 Å². The van der Waals surface area contributed by atoms with E-state index in [1.54, 1.807) is 29.7 Å². The predicted molar refractivity (Wildman–Crippen MR) is 62.6 cm³/mol. The molecule has 0 atom stereocenters. The zero-order valence-electron chi connectivity index (χ0n) is 10.7. The molecule has 0 saturated heterocycles. The third-order valence-corrected chi connectivity index (χ3v) is 2.06. The third kappa shape index (κ3) is 4.44. The molecule has 1 N–H and O–H groups in total. The molecule has 7 nitrogen and oxygen atoms in total. The standard InChI is InChI=1S/C9H9N3O2.C2HF3O2/c1-2-14-9(13)7-4-3-5-12-6-10-11-8(7)12;3-2(4,5)1(6)7/h3-6H,2H2,1H3;(H,6,7). The lowest BCUT2D eigenvalue weighted by molar-refractivity contribution is -0.192. The van der Waals surface area contributed by atoms with Crippen molar-refractivity contribution in [3.8, 4) is 0 Å². The van der Waals surface area contributed by atoms with Gasteiger partial charge in [-0.3, -0.25) is 4.40 Å². The number of carbonyl (C=O) groups is 2. The smallest absolute Gasteiger partial charge is 0.475 e. The van der Waals surface area contributed by atoms with E-state index in [9.17, 15) is 18.0 Å². The fourth-order valence-corrected chi connectivity index (χ4v) is 1.22. The molecule has 0 aliphatic carbocycles. The lowest BCUT2D eigenvalue weighted by Gasteiger charge is -2.01. The fourth-order valence-electron chi connectivity index (χ4n) is 1.22. The Morgan fingerprint density at radius 1 is 1.43 bits per heavy atom. The molecule has 0 amide bonds. The minimum absolute atomic E-state index is 0.355. The number of pyridine rings is 1. The van der Waals surface area contributed by atoms with Crippen LogP contribution in [0.5, 0.6) is 0 Å². The molecule has 0 bridgehead atoms. The molecule has 0 unspecified atom stereocenters. The Labute approximate surface area is 116 Å². The first kappa shape index (κ1) is 16.4. The zero-order chi connectivity index (χ0) is 16.0. The highest BCUT2D eigenvalue weighted by Crippen LogP contribution is 2.13. The van der Waals surface area contributed by atoms with Gasteiger partial charge in [-0.05, 0) is 19.1 Å². The van der Waals surface area contributed by atoms with E-state index >= 15 is 0 Å². The first-order valence-corrected chi connectivity index (χ1v) is 5.53. The van der Waals surface area contributed by atoms with E-state index in [4.69, 9.17) is 14.6 Å². The molecule has 21 heavy (non-hydrogen) atoms. The lowest BCUT2D eigenvalue weighted by Crippen LogP contribution is -2.21. The fraction of sp³-hybridized carbons (Fsp3) is 0.273. The van der Waals surface area contributed by atoms with Crippen LogP contribution >= 0.6 is 0 Å². The van der Waals surface area contributed by atoms with Crippen LogP contribution in [-0.4, -0.2) is 44.4 Å². The molecule has 0 aliphatic heterocycles. The largest absolute Gasteiger partial charge is 0.490 e. The summed E-state index contributed by atoms with van der Waals surface area (Å²) in [5.41, 5.74) is 0.956. The molecule has 10 heteroatoms. The minimum atomic E-state index is -5.08. The normalized spacial score (nSPS) is 10.7. The highest BCUT2D eigenvalue weighted by atomic mass is 19.4. The number of carboxylic acids is 1. The zero-order valence-corrected chi connectivity index (χ0v) is 10.7. The number of alkyl halides is 3. The number of ether oxygens (including phenoxy) is 1. The van der Waals surface area contributed by atoms with Crippen molar-refractivity contribution in [3.63, 3.8) is 0 Å². The van der Waals surface area contributed by atoms with Crippen molar-refractivity contribution in [2.24, 2.45) is 0 Å². The second kappa shape index (κ2) is 6.68. The van der Waals surface area contributed by atoms with Crippen LogP contribution in [0.3, 0.4) is 0 Å². The Morgan fingerprint density at radius 3 is 2.57 bits per heavy atom. The molecule has 2 rings (SSSR count). The van der Waals surface area contributed by atoms with E-state index in [0.717, 1.165) is 0 Å². The number of aliphatic carboxylic acids is 1. The van der Waals surface area contributed by atoms with Crippen LogP contribution in [-0.2, 0) is 9.53 Å². The van der Waals surface area contributed by atoms with Gasteiger partial charge in [-0.1, -0.05) is 0 Å². The van der Waals surface area contributed by atoms with E-state index in [0.29, 0.717) is 17.8 Å². The molecule has 2 aromatic rings. The second-order valence-corrected chi connectivity index (χ2v) is 3.51. The van der Waals surface area contributed by atoms with Crippen molar-refractivity contribution in [3.05, 3.63) is 30.2 Å². The van der Waals surface area contributed by atoms with Gasteiger partial charge in [-0.15, -0.1) is 10.2 Å². The number of carbonyl (C=O) groups excluding carboxylic acids is 1. The number of carboxylic acid groups (broad SMARTS) is 1. The molecule has 0 saturated carbocycles. The molecule has 0 radical (unpaired) electrons. The number of fused-ring (bicyclic) bond motifs is 1. The molecule has 0 aromatic carbocycles. The summed E-state index contributed by atoms with van der Waals surface area (Å²) in [6.07, 6.45) is -1.77. The van der Waals surface area contributed by atoms with E-state index in [1.807, 2.05) is 0 Å². The van der Waals surface area contributed by atoms with Crippen LogP contribution in [0.25, 0.3) is 5.65 Å². The van der Waals surface area contributed by atoms with Crippen LogP contribution in [0.2, 0.25) is 0 Å². The number of rotatable bonds is 2. The van der Waals surface area contributed by atoms with Gasteiger partial charge < -0.3 is 9.84 Å². The second-order valence-electron chi connectivity index (χ2n) is 3.51. The van der Waals surface area contributed by atoms with Gasteiger partial charge in [0, 0.05) is 6.20 Å². The lowest BCUT2D eigenvalue weighted by atomic mass is 10.3. The summed E-state index contributed by atoms with van der Waals surface area (Å²) in [7, 11) is 0. The number of halogens is 3. The van der Waals surface area contributed by atoms with Gasteiger partial charge in [0.15, 0.2) is 5.65 Å². The highest BCUT2D eigenvalue weighted by Gasteiger charge is 2.38. The van der Waals surface area contributed by atoms with Crippen molar-refractivity contribution >= 4 is 17.6 Å². The van der Waals surface area contributed by atoms with Crippen LogP contribution in [0.15, 0.2) is 24.7 Å². The molecule has 0 aliphatic rings. The van der Waals surface area contributed by atoms with Gasteiger partial charge >= 0.3 is 18.1 Å². The quantitative estimate of drug-likeness (QED) is 0.846. The monoisotopic (exact) mass is 305 g/mol. The Kier molecular flexibility index (Phi) is 5.22. The van der Waals surface area contributed by atoms with Gasteiger partial charge in [0.1, 0.15) is 11.9 Å². The highest BCUT2D eigenvalue weighted by molar-refractivity contribution is 5.95. The topological polar surface area (TPSA) is 93.8 Å². The van der Waals surface area contributed by atoms with Gasteiger partial charge in [-0.2, -0.15) is 13.2 Å². The Hall–Kier alpha value is -2.65. The molecule has 0 spiro atoms. The maximum Gasteiger partial charge on any atom is 0.490 e. The summed E-state index contributed by atoms with van der Waals surface area (Å²) in [6, 6.07) is 3.42. The molecular weight excluding hydrogens is 295 g/mol. The average molecular weight is 305 g/mol. The Bertz CT molecular complexity index is 639. The summed E-state index contributed by atoms with van der Waals surface area (Å²) in [5, 5.41) is 14.7. The maximum atomic E-state index is 11.5. The van der Waals surface area contributed by atoms with Crippen molar-refractivity contribution in [2.45, 2.75) is 13.1 Å². The summed E-state index contributed by atoms with van der Waals surface area (Å²) in [6.45, 7) is 2.12. The summed E-state index contributed by atoms with van der Waals surface area (Å²) in [5.74, 6) is -3.13. The Balaban J connectivity index is 0.000000270. The molecule has 0 fully saturated rings. The average Bonchev–Trinajstić information content (AvgIpc) is 2.86. The van der Waals surface area contributed by atoms with Crippen LogP contribution in [0.4, 0.5) is 13.2 Å². The van der Waals surface area contributed by atoms with Gasteiger partial charge in [-0.25, -0.2) is 9.59 Å². The van der Waals surface area contributed by atoms with Crippen molar-refractivity contribution in [1.82, 2.24) is 14.6 Å². The summed E-state index contributed by atoms with van der Waals surface area (Å²) >= 11 is 0. The van der Waals surface area contributed by atoms with Crippen molar-refractivity contribution in [2.75, 3.05) is 6.61 Å². The number of nitrogens with zero attached hydrogens (tertiary/aromatic N) is 3. The van der Waals surface area contributed by atoms with Crippen molar-refractivity contribution in [1.29, 1.82) is 0 Å². The maximum absolute atomic E-state index is 11.5. The Morgan fingerprint density at radius 2 is 2.05 bits per heavy atom. The molecule has 2 aromatic heterocycles. The van der Waals surface area contributed by atoms with Crippen LogP contribution in [0, 0.1) is 0 Å². The number of esters is 1. The molecule has 114 valence electrons. The molecular formula is C11H10F3N3O4. The predicted octanol–water partition coefficient (Wildman–Crippen LogP) is 1.54. The van der Waals surface area contributed by atoms with Gasteiger partial charge in [0.2, 0.25) is 0 Å². The number of aromatic nitrogens is 3. The first-order chi connectivity index (χ1) is 9.77. The SMILES string of the molecule is CCOC(=O)c1cccn2cnnc12.O=C(O)C(F)(F)F. The van der Waals surface area contributed by atoms with E-state index < -0.39 is 12.1 Å². The minimum Gasteiger partial charge on any atom is -0.475 e. The third-order valence-electron chi connectivity index (χ3n) is 2.06. The van der Waals surface area contributed by atoms with Crippen molar-refractivity contribution < 1.29 is 32.6 Å². The van der Waals surface area contributed by atoms with Crippen LogP contribution in [0.1, 0.15) is 17.3 Å². The summed E-state index contributed by atoms with van der Waals surface area (Å²) in [4.78, 5) is 20.3.